The summed E-state index contributed by atoms with van der Waals surface area (Å²) in [7, 11) is -0.325. The normalized spacial score (nSPS) is 19.6. The van der Waals surface area contributed by atoms with Crippen molar-refractivity contribution in [2.45, 2.75) is 44.6 Å². The predicted molar refractivity (Wildman–Crippen MR) is 144 cm³/mol. The third-order valence-corrected chi connectivity index (χ3v) is 8.44. The lowest BCUT2D eigenvalue weighted by atomic mass is 9.73. The summed E-state index contributed by atoms with van der Waals surface area (Å²) >= 11 is 0. The van der Waals surface area contributed by atoms with E-state index in [1.807, 2.05) is 0 Å². The Kier molecular flexibility index (Phi) is 6.32. The van der Waals surface area contributed by atoms with E-state index in [9.17, 15) is 9.83 Å². The standard InChI is InChI=1S/C27H32N7OP/c1-27-11-6-5-8-18-12-21(13-19(24(18)27)16-34(2)17-27)30-26-29-15-20(14-28)25(33-26)32-22-9-7-10-23(31-22)36(3,4)35/h7,9-10,12-13,15H,5-6,8,11,16-17H2,1-4H3,(H2,29,30,31,32,33). The lowest BCUT2D eigenvalue weighted by Gasteiger charge is -2.41. The van der Waals surface area contributed by atoms with Gasteiger partial charge < -0.3 is 20.1 Å². The third kappa shape index (κ3) is 4.86. The number of pyridine rings is 1. The number of aryl methyl sites for hydroxylation is 1. The maximum absolute atomic E-state index is 12.5. The number of anilines is 4. The number of nitrogens with one attached hydrogen (secondary N) is 2. The molecule has 5 rings (SSSR count). The molecule has 0 amide bonds. The third-order valence-electron chi connectivity index (χ3n) is 7.09. The van der Waals surface area contributed by atoms with E-state index >= 15 is 0 Å². The van der Waals surface area contributed by atoms with E-state index in [2.05, 4.69) is 62.7 Å². The highest BCUT2D eigenvalue weighted by molar-refractivity contribution is 7.69. The van der Waals surface area contributed by atoms with Gasteiger partial charge in [-0.15, -0.1) is 0 Å². The number of likely N-dealkylation sites (N-methyl/N-ethyl adjacent to an activating group) is 1. The highest BCUT2D eigenvalue weighted by Gasteiger charge is 2.37. The van der Waals surface area contributed by atoms with Crippen LogP contribution in [0.25, 0.3) is 0 Å². The number of aromatic nitrogens is 3. The average Bonchev–Trinajstić information content (AvgIpc) is 2.97. The van der Waals surface area contributed by atoms with Gasteiger partial charge in [-0.05, 0) is 80.6 Å². The second-order valence-electron chi connectivity index (χ2n) is 10.7. The van der Waals surface area contributed by atoms with Crippen molar-refractivity contribution in [3.05, 3.63) is 58.8 Å². The van der Waals surface area contributed by atoms with E-state index in [-0.39, 0.29) is 5.41 Å². The number of nitriles is 1. The van der Waals surface area contributed by atoms with Gasteiger partial charge in [0.2, 0.25) is 5.95 Å². The molecular weight excluding hydrogens is 469 g/mol. The molecule has 0 radical (unpaired) electrons. The number of rotatable bonds is 5. The lowest BCUT2D eigenvalue weighted by Crippen LogP contribution is -2.42. The first-order valence-corrected chi connectivity index (χ1v) is 14.9. The molecule has 1 unspecified atom stereocenters. The van der Waals surface area contributed by atoms with Gasteiger partial charge in [0, 0.05) is 24.2 Å². The fraction of sp³-hybridized carbons (Fsp3) is 0.407. The molecule has 0 saturated carbocycles. The minimum absolute atomic E-state index is 0.192. The van der Waals surface area contributed by atoms with E-state index in [1.54, 1.807) is 31.5 Å². The zero-order valence-corrected chi connectivity index (χ0v) is 22.2. The monoisotopic (exact) mass is 501 g/mol. The van der Waals surface area contributed by atoms with E-state index in [4.69, 9.17) is 0 Å². The average molecular weight is 502 g/mol. The maximum Gasteiger partial charge on any atom is 0.229 e. The Morgan fingerprint density at radius 2 is 1.94 bits per heavy atom. The Morgan fingerprint density at radius 3 is 2.72 bits per heavy atom. The summed E-state index contributed by atoms with van der Waals surface area (Å²) in [6.45, 7) is 7.79. The van der Waals surface area contributed by atoms with Gasteiger partial charge in [-0.1, -0.05) is 19.4 Å². The number of nitrogens with zero attached hydrogens (tertiary/aromatic N) is 5. The van der Waals surface area contributed by atoms with E-state index in [1.165, 1.54) is 42.1 Å². The van der Waals surface area contributed by atoms with Crippen LogP contribution in [-0.4, -0.2) is 46.8 Å². The molecule has 1 aliphatic heterocycles. The van der Waals surface area contributed by atoms with Gasteiger partial charge in [0.15, 0.2) is 5.82 Å². The molecule has 3 aromatic rings. The largest absolute Gasteiger partial charge is 0.324 e. The van der Waals surface area contributed by atoms with Crippen molar-refractivity contribution in [3.8, 4) is 6.07 Å². The molecule has 2 aliphatic rings. The summed E-state index contributed by atoms with van der Waals surface area (Å²) in [4.78, 5) is 15.9. The molecule has 1 aromatic carbocycles. The van der Waals surface area contributed by atoms with Crippen LogP contribution in [0.1, 0.15) is 48.4 Å². The molecule has 36 heavy (non-hydrogen) atoms. The van der Waals surface area contributed by atoms with Gasteiger partial charge in [-0.25, -0.2) is 9.97 Å². The first-order valence-electron chi connectivity index (χ1n) is 12.3. The molecule has 0 spiro atoms. The van der Waals surface area contributed by atoms with Gasteiger partial charge in [0.1, 0.15) is 30.0 Å². The molecule has 0 fully saturated rings. The van der Waals surface area contributed by atoms with Crippen LogP contribution in [0.3, 0.4) is 0 Å². The molecular formula is C27H32N7OP. The van der Waals surface area contributed by atoms with Crippen LogP contribution in [0.15, 0.2) is 36.5 Å². The second kappa shape index (κ2) is 9.31. The Balaban J connectivity index is 1.47. The molecule has 1 atom stereocenters. The Labute approximate surface area is 212 Å². The second-order valence-corrected chi connectivity index (χ2v) is 13.8. The minimum atomic E-state index is -2.52. The summed E-state index contributed by atoms with van der Waals surface area (Å²) in [5.74, 6) is 1.23. The zero-order valence-electron chi connectivity index (χ0n) is 21.3. The molecule has 2 N–H and O–H groups in total. The summed E-state index contributed by atoms with van der Waals surface area (Å²) in [6, 6.07) is 11.9. The SMILES string of the molecule is CN1Cc2cc(Nc3ncc(C#N)c(Nc4cccc(P(C)(C)=O)n4)n3)cc3c2C(C)(CCCC3)C1. The topological polar surface area (TPSA) is 107 Å². The van der Waals surface area contributed by atoms with E-state index in [0.29, 0.717) is 28.6 Å². The summed E-state index contributed by atoms with van der Waals surface area (Å²) in [5.41, 5.74) is 6.29. The Bertz CT molecular complexity index is 1410. The molecule has 1 aliphatic carbocycles. The van der Waals surface area contributed by atoms with Crippen LogP contribution in [-0.2, 0) is 22.9 Å². The first kappa shape index (κ1) is 24.4. The van der Waals surface area contributed by atoms with Crippen LogP contribution in [0.4, 0.5) is 23.3 Å². The Morgan fingerprint density at radius 1 is 1.14 bits per heavy atom. The van der Waals surface area contributed by atoms with Gasteiger partial charge in [0.25, 0.3) is 0 Å². The van der Waals surface area contributed by atoms with Crippen LogP contribution in [0.2, 0.25) is 0 Å². The molecule has 3 heterocycles. The molecule has 8 nitrogen and oxygen atoms in total. The summed E-state index contributed by atoms with van der Waals surface area (Å²) in [6.07, 6.45) is 6.25. The van der Waals surface area contributed by atoms with E-state index < -0.39 is 7.14 Å². The zero-order chi connectivity index (χ0) is 25.5. The van der Waals surface area contributed by atoms with Crippen molar-refractivity contribution in [3.63, 3.8) is 0 Å². The molecule has 0 bridgehead atoms. The van der Waals surface area contributed by atoms with Crippen molar-refractivity contribution >= 4 is 35.8 Å². The number of hydrogen-bond donors (Lipinski definition) is 2. The predicted octanol–water partition coefficient (Wildman–Crippen LogP) is 4.91. The van der Waals surface area contributed by atoms with Gasteiger partial charge >= 0.3 is 0 Å². The van der Waals surface area contributed by atoms with Crippen molar-refractivity contribution in [1.82, 2.24) is 19.9 Å². The molecule has 186 valence electrons. The van der Waals surface area contributed by atoms with Crippen molar-refractivity contribution < 1.29 is 4.57 Å². The lowest BCUT2D eigenvalue weighted by molar-refractivity contribution is 0.213. The number of benzene rings is 1. The highest BCUT2D eigenvalue weighted by atomic mass is 31.2. The van der Waals surface area contributed by atoms with Gasteiger partial charge in [-0.3, -0.25) is 0 Å². The summed E-state index contributed by atoms with van der Waals surface area (Å²) in [5, 5.41) is 16.1. The quantitative estimate of drug-likeness (QED) is 0.475. The fourth-order valence-electron chi connectivity index (χ4n) is 5.66. The van der Waals surface area contributed by atoms with Crippen LogP contribution >= 0.6 is 7.14 Å². The van der Waals surface area contributed by atoms with Gasteiger partial charge in [-0.2, -0.15) is 10.2 Å². The summed E-state index contributed by atoms with van der Waals surface area (Å²) < 4.78 is 12.5. The smallest absolute Gasteiger partial charge is 0.229 e. The molecule has 9 heteroatoms. The maximum atomic E-state index is 12.5. The van der Waals surface area contributed by atoms with Crippen LogP contribution in [0.5, 0.6) is 0 Å². The van der Waals surface area contributed by atoms with Crippen molar-refractivity contribution in [2.75, 3.05) is 37.6 Å². The van der Waals surface area contributed by atoms with Gasteiger partial charge in [0.05, 0.1) is 6.20 Å². The van der Waals surface area contributed by atoms with Crippen molar-refractivity contribution in [1.29, 1.82) is 5.26 Å². The fourth-order valence-corrected chi connectivity index (χ4v) is 6.45. The highest BCUT2D eigenvalue weighted by Crippen LogP contribution is 2.43. The number of hydrogen-bond acceptors (Lipinski definition) is 8. The molecule has 0 saturated heterocycles. The Hall–Kier alpha value is -3.27. The minimum Gasteiger partial charge on any atom is -0.324 e. The van der Waals surface area contributed by atoms with Crippen LogP contribution < -0.4 is 16.1 Å². The first-order chi connectivity index (χ1) is 17.1. The van der Waals surface area contributed by atoms with E-state index in [0.717, 1.165) is 25.2 Å². The van der Waals surface area contributed by atoms with Crippen molar-refractivity contribution in [2.24, 2.45) is 0 Å². The molecule has 2 aromatic heterocycles. The van der Waals surface area contributed by atoms with Crippen LogP contribution in [0, 0.1) is 11.3 Å².